The number of nitrogens with zero attached hydrogens (tertiary/aromatic N) is 3. The van der Waals surface area contributed by atoms with Gasteiger partial charge < -0.3 is 14.5 Å². The molecule has 0 bridgehead atoms. The van der Waals surface area contributed by atoms with Crippen LogP contribution in [0.3, 0.4) is 0 Å². The molecule has 1 amide bonds. The topological polar surface area (TPSA) is 45.7 Å². The number of hydrogen-bond donors (Lipinski definition) is 0. The molecule has 5 nitrogen and oxygen atoms in total. The average molecular weight is 241 g/mol. The molecule has 0 aromatic carbocycles. The van der Waals surface area contributed by atoms with Crippen molar-refractivity contribution in [1.29, 1.82) is 0 Å². The molecule has 16 heavy (non-hydrogen) atoms. The molecule has 0 unspecified atom stereocenters. The van der Waals surface area contributed by atoms with Gasteiger partial charge in [0, 0.05) is 31.6 Å². The predicted octanol–water partition coefficient (Wildman–Crippen LogP) is 1.34. The van der Waals surface area contributed by atoms with E-state index in [2.05, 4.69) is 9.88 Å². The third-order valence-corrected chi connectivity index (χ3v) is 3.61. The van der Waals surface area contributed by atoms with E-state index in [9.17, 15) is 4.79 Å². The van der Waals surface area contributed by atoms with Gasteiger partial charge in [-0.2, -0.15) is 0 Å². The molecule has 6 heteroatoms. The van der Waals surface area contributed by atoms with Crippen LogP contribution in [0.2, 0.25) is 0 Å². The monoisotopic (exact) mass is 241 g/mol. The highest BCUT2D eigenvalue weighted by molar-refractivity contribution is 7.13. The molecule has 0 atom stereocenters. The summed E-state index contributed by atoms with van der Waals surface area (Å²) in [5.41, 5.74) is 1.05. The van der Waals surface area contributed by atoms with E-state index in [-0.39, 0.29) is 6.09 Å². The normalized spacial score (nSPS) is 16.4. The van der Waals surface area contributed by atoms with Crippen molar-refractivity contribution >= 4 is 22.6 Å². The van der Waals surface area contributed by atoms with E-state index >= 15 is 0 Å². The molecule has 1 aromatic heterocycles. The Kier molecular flexibility index (Phi) is 3.28. The van der Waals surface area contributed by atoms with Crippen molar-refractivity contribution in [2.24, 2.45) is 0 Å². The Morgan fingerprint density at radius 1 is 1.44 bits per heavy atom. The van der Waals surface area contributed by atoms with Gasteiger partial charge in [0.05, 0.1) is 12.8 Å². The third kappa shape index (κ3) is 2.27. The van der Waals surface area contributed by atoms with E-state index in [4.69, 9.17) is 4.74 Å². The van der Waals surface area contributed by atoms with Crippen molar-refractivity contribution in [2.45, 2.75) is 6.92 Å². The maximum Gasteiger partial charge on any atom is 0.409 e. The first kappa shape index (κ1) is 11.2. The first-order valence-corrected chi connectivity index (χ1v) is 6.08. The standard InChI is InChI=1S/C10H15N3O2S/c1-8-7-16-9(11-8)12-3-5-13(6-4-12)10(14)15-2/h7H,3-6H2,1-2H3. The highest BCUT2D eigenvalue weighted by Crippen LogP contribution is 2.21. The molecule has 1 aliphatic heterocycles. The summed E-state index contributed by atoms with van der Waals surface area (Å²) < 4.78 is 4.69. The zero-order valence-electron chi connectivity index (χ0n) is 9.47. The van der Waals surface area contributed by atoms with Gasteiger partial charge in [-0.25, -0.2) is 9.78 Å². The Morgan fingerprint density at radius 2 is 2.12 bits per heavy atom. The molecule has 1 fully saturated rings. The summed E-state index contributed by atoms with van der Waals surface area (Å²) in [6, 6.07) is 0. The maximum absolute atomic E-state index is 11.3. The second-order valence-electron chi connectivity index (χ2n) is 3.72. The number of carbonyl (C=O) groups excluding carboxylic acids is 1. The van der Waals surface area contributed by atoms with Gasteiger partial charge in [0.1, 0.15) is 0 Å². The number of thiazole rings is 1. The van der Waals surface area contributed by atoms with Crippen molar-refractivity contribution in [3.05, 3.63) is 11.1 Å². The van der Waals surface area contributed by atoms with Crippen LogP contribution in [0, 0.1) is 6.92 Å². The zero-order chi connectivity index (χ0) is 11.5. The van der Waals surface area contributed by atoms with Crippen molar-refractivity contribution < 1.29 is 9.53 Å². The van der Waals surface area contributed by atoms with Crippen LogP contribution in [-0.2, 0) is 4.74 Å². The number of piperazine rings is 1. The lowest BCUT2D eigenvalue weighted by molar-refractivity contribution is 0.121. The molecule has 0 N–H and O–H groups in total. The van der Waals surface area contributed by atoms with E-state index in [1.54, 1.807) is 16.2 Å². The van der Waals surface area contributed by atoms with E-state index in [1.807, 2.05) is 12.3 Å². The summed E-state index contributed by atoms with van der Waals surface area (Å²) >= 11 is 1.65. The number of hydrogen-bond acceptors (Lipinski definition) is 5. The van der Waals surface area contributed by atoms with E-state index < -0.39 is 0 Å². The van der Waals surface area contributed by atoms with Crippen LogP contribution in [0.5, 0.6) is 0 Å². The third-order valence-electron chi connectivity index (χ3n) is 2.59. The van der Waals surface area contributed by atoms with E-state index in [0.717, 1.165) is 23.9 Å². The SMILES string of the molecule is COC(=O)N1CCN(c2nc(C)cs2)CC1. The first-order chi connectivity index (χ1) is 7.70. The Labute approximate surface area is 98.6 Å². The summed E-state index contributed by atoms with van der Waals surface area (Å²) in [7, 11) is 1.42. The van der Waals surface area contributed by atoms with Gasteiger partial charge in [0.15, 0.2) is 5.13 Å². The minimum Gasteiger partial charge on any atom is -0.453 e. The molecule has 0 saturated carbocycles. The number of ether oxygens (including phenoxy) is 1. The van der Waals surface area contributed by atoms with Gasteiger partial charge in [-0.1, -0.05) is 0 Å². The number of aryl methyl sites for hydroxylation is 1. The van der Waals surface area contributed by atoms with Crippen LogP contribution in [0.15, 0.2) is 5.38 Å². The molecule has 2 rings (SSSR count). The highest BCUT2D eigenvalue weighted by Gasteiger charge is 2.22. The molecule has 1 saturated heterocycles. The van der Waals surface area contributed by atoms with Gasteiger partial charge in [-0.3, -0.25) is 0 Å². The quantitative estimate of drug-likeness (QED) is 0.744. The van der Waals surface area contributed by atoms with Crippen LogP contribution in [-0.4, -0.2) is 49.3 Å². The number of rotatable bonds is 1. The number of aromatic nitrogens is 1. The molecule has 0 radical (unpaired) electrons. The Bertz CT molecular complexity index is 372. The summed E-state index contributed by atoms with van der Waals surface area (Å²) in [5.74, 6) is 0. The Balaban J connectivity index is 1.92. The van der Waals surface area contributed by atoms with Crippen LogP contribution in [0.4, 0.5) is 9.93 Å². The molecular formula is C10H15N3O2S. The fourth-order valence-electron chi connectivity index (χ4n) is 1.70. The fraction of sp³-hybridized carbons (Fsp3) is 0.600. The van der Waals surface area contributed by atoms with Crippen LogP contribution in [0.25, 0.3) is 0 Å². The van der Waals surface area contributed by atoms with Crippen LogP contribution < -0.4 is 4.90 Å². The fourth-order valence-corrected chi connectivity index (χ4v) is 2.55. The highest BCUT2D eigenvalue weighted by atomic mass is 32.1. The van der Waals surface area contributed by atoms with Crippen molar-refractivity contribution in [1.82, 2.24) is 9.88 Å². The average Bonchev–Trinajstić information content (AvgIpc) is 2.75. The number of carbonyl (C=O) groups is 1. The van der Waals surface area contributed by atoms with Crippen molar-refractivity contribution in [3.63, 3.8) is 0 Å². The smallest absolute Gasteiger partial charge is 0.409 e. The van der Waals surface area contributed by atoms with E-state index in [1.165, 1.54) is 7.11 Å². The van der Waals surface area contributed by atoms with Crippen molar-refractivity contribution in [3.8, 4) is 0 Å². The molecule has 0 aliphatic carbocycles. The van der Waals surface area contributed by atoms with Gasteiger partial charge in [-0.05, 0) is 6.92 Å². The van der Waals surface area contributed by atoms with Crippen molar-refractivity contribution in [2.75, 3.05) is 38.2 Å². The lowest BCUT2D eigenvalue weighted by atomic mass is 10.3. The maximum atomic E-state index is 11.3. The predicted molar refractivity (Wildman–Crippen MR) is 63.0 cm³/mol. The molecule has 2 heterocycles. The second-order valence-corrected chi connectivity index (χ2v) is 4.55. The summed E-state index contributed by atoms with van der Waals surface area (Å²) in [6.45, 7) is 5.03. The zero-order valence-corrected chi connectivity index (χ0v) is 10.3. The Hall–Kier alpha value is -1.30. The summed E-state index contributed by atoms with van der Waals surface area (Å²) in [4.78, 5) is 19.6. The van der Waals surface area contributed by atoms with E-state index in [0.29, 0.717) is 13.1 Å². The van der Waals surface area contributed by atoms with Crippen LogP contribution in [0.1, 0.15) is 5.69 Å². The number of methoxy groups -OCH3 is 1. The molecule has 88 valence electrons. The molecule has 1 aliphatic rings. The van der Waals surface area contributed by atoms with Gasteiger partial charge in [0.2, 0.25) is 0 Å². The lowest BCUT2D eigenvalue weighted by Crippen LogP contribution is -2.48. The van der Waals surface area contributed by atoms with Gasteiger partial charge >= 0.3 is 6.09 Å². The number of anilines is 1. The molecule has 1 aromatic rings. The Morgan fingerprint density at radius 3 is 2.62 bits per heavy atom. The minimum atomic E-state index is -0.241. The summed E-state index contributed by atoms with van der Waals surface area (Å²) in [6.07, 6.45) is -0.241. The largest absolute Gasteiger partial charge is 0.453 e. The molecule has 0 spiro atoms. The van der Waals surface area contributed by atoms with Gasteiger partial charge in [0.25, 0.3) is 0 Å². The summed E-state index contributed by atoms with van der Waals surface area (Å²) in [5, 5.41) is 3.09. The lowest BCUT2D eigenvalue weighted by Gasteiger charge is -2.33. The first-order valence-electron chi connectivity index (χ1n) is 5.20. The molecular weight excluding hydrogens is 226 g/mol. The second kappa shape index (κ2) is 4.69. The van der Waals surface area contributed by atoms with Crippen LogP contribution >= 0.6 is 11.3 Å². The van der Waals surface area contributed by atoms with Gasteiger partial charge in [-0.15, -0.1) is 11.3 Å². The number of amides is 1. The minimum absolute atomic E-state index is 0.241.